The molecule has 1 aliphatic rings. The van der Waals surface area contributed by atoms with Crippen LogP contribution in [-0.4, -0.2) is 46.9 Å². The van der Waals surface area contributed by atoms with Crippen molar-refractivity contribution in [2.45, 2.75) is 25.6 Å². The Balaban J connectivity index is 2.04. The third-order valence-corrected chi connectivity index (χ3v) is 3.39. The Morgan fingerprint density at radius 1 is 1.65 bits per heavy atom. The van der Waals surface area contributed by atoms with Gasteiger partial charge >= 0.3 is 0 Å². The largest absolute Gasteiger partial charge is 0.394 e. The van der Waals surface area contributed by atoms with Crippen molar-refractivity contribution in [3.8, 4) is 0 Å². The molecular formula is C12H17ClN2O2. The van der Waals surface area contributed by atoms with Crippen LogP contribution < -0.4 is 0 Å². The summed E-state index contributed by atoms with van der Waals surface area (Å²) in [6.45, 7) is 4.28. The van der Waals surface area contributed by atoms with Crippen molar-refractivity contribution in [2.75, 3.05) is 19.8 Å². The first-order chi connectivity index (χ1) is 8.20. The molecule has 17 heavy (non-hydrogen) atoms. The number of pyridine rings is 1. The minimum atomic E-state index is -0.0957. The lowest BCUT2D eigenvalue weighted by Gasteiger charge is -2.37. The Morgan fingerprint density at radius 3 is 3.18 bits per heavy atom. The van der Waals surface area contributed by atoms with Crippen LogP contribution in [0.2, 0.25) is 5.15 Å². The van der Waals surface area contributed by atoms with Gasteiger partial charge in [0.2, 0.25) is 0 Å². The Morgan fingerprint density at radius 2 is 2.47 bits per heavy atom. The Hall–Kier alpha value is -0.680. The maximum atomic E-state index is 9.13. The number of hydrogen-bond donors (Lipinski definition) is 1. The molecule has 1 aliphatic heterocycles. The lowest BCUT2D eigenvalue weighted by Crippen LogP contribution is -2.48. The molecule has 2 unspecified atom stereocenters. The molecular weight excluding hydrogens is 240 g/mol. The quantitative estimate of drug-likeness (QED) is 0.829. The highest BCUT2D eigenvalue weighted by molar-refractivity contribution is 6.30. The van der Waals surface area contributed by atoms with Crippen LogP contribution in [0.1, 0.15) is 12.5 Å². The standard InChI is InChI=1S/C12H17ClN2O2/c1-9-8-17-11(7-16)6-15(9)5-10-3-2-4-14-12(10)13/h2-4,9,11,16H,5-8H2,1H3. The second-order valence-electron chi connectivity index (χ2n) is 4.37. The van der Waals surface area contributed by atoms with Crippen molar-refractivity contribution >= 4 is 11.6 Å². The number of aliphatic hydroxyl groups excluding tert-OH is 1. The van der Waals surface area contributed by atoms with Crippen LogP contribution in [-0.2, 0) is 11.3 Å². The van der Waals surface area contributed by atoms with Gasteiger partial charge in [-0.3, -0.25) is 4.90 Å². The van der Waals surface area contributed by atoms with Crippen molar-refractivity contribution in [1.29, 1.82) is 0 Å². The van der Waals surface area contributed by atoms with E-state index in [1.54, 1.807) is 6.20 Å². The number of halogens is 1. The summed E-state index contributed by atoms with van der Waals surface area (Å²) in [5.74, 6) is 0. The molecule has 0 aliphatic carbocycles. The van der Waals surface area contributed by atoms with Gasteiger partial charge in [0.15, 0.2) is 0 Å². The van der Waals surface area contributed by atoms with Crippen molar-refractivity contribution in [3.63, 3.8) is 0 Å². The van der Waals surface area contributed by atoms with Gasteiger partial charge in [-0.2, -0.15) is 0 Å². The number of ether oxygens (including phenoxy) is 1. The van der Waals surface area contributed by atoms with Crippen molar-refractivity contribution in [2.24, 2.45) is 0 Å². The summed E-state index contributed by atoms with van der Waals surface area (Å²) in [5.41, 5.74) is 1.01. The van der Waals surface area contributed by atoms with E-state index >= 15 is 0 Å². The van der Waals surface area contributed by atoms with Crippen LogP contribution in [0.25, 0.3) is 0 Å². The average Bonchev–Trinajstić information content (AvgIpc) is 2.35. The molecule has 1 aromatic heterocycles. The number of morpholine rings is 1. The first kappa shape index (κ1) is 12.8. The van der Waals surface area contributed by atoms with Gasteiger partial charge < -0.3 is 9.84 Å². The van der Waals surface area contributed by atoms with E-state index in [0.29, 0.717) is 17.8 Å². The number of rotatable bonds is 3. The molecule has 0 saturated carbocycles. The SMILES string of the molecule is CC1COC(CO)CN1Cc1cccnc1Cl. The predicted octanol–water partition coefficient (Wildman–Crippen LogP) is 1.32. The summed E-state index contributed by atoms with van der Waals surface area (Å²) >= 11 is 6.04. The van der Waals surface area contributed by atoms with E-state index in [1.165, 1.54) is 0 Å². The Bertz CT molecular complexity index is 375. The van der Waals surface area contributed by atoms with Gasteiger partial charge in [0.25, 0.3) is 0 Å². The Labute approximate surface area is 106 Å². The number of hydrogen-bond acceptors (Lipinski definition) is 4. The van der Waals surface area contributed by atoms with Crippen LogP contribution >= 0.6 is 11.6 Å². The van der Waals surface area contributed by atoms with Gasteiger partial charge in [0, 0.05) is 30.9 Å². The topological polar surface area (TPSA) is 45.6 Å². The van der Waals surface area contributed by atoms with Crippen LogP contribution in [0.5, 0.6) is 0 Å². The van der Waals surface area contributed by atoms with Crippen molar-refractivity contribution < 1.29 is 9.84 Å². The third kappa shape index (κ3) is 3.16. The maximum absolute atomic E-state index is 9.13. The number of nitrogens with zero attached hydrogens (tertiary/aromatic N) is 2. The molecule has 1 saturated heterocycles. The van der Waals surface area contributed by atoms with E-state index in [-0.39, 0.29) is 12.7 Å². The number of aliphatic hydroxyl groups is 1. The maximum Gasteiger partial charge on any atom is 0.133 e. The molecule has 4 nitrogen and oxygen atoms in total. The summed E-state index contributed by atoms with van der Waals surface area (Å²) in [7, 11) is 0. The molecule has 0 spiro atoms. The van der Waals surface area contributed by atoms with Gasteiger partial charge in [0.05, 0.1) is 19.3 Å². The van der Waals surface area contributed by atoms with E-state index in [0.717, 1.165) is 18.7 Å². The number of aromatic nitrogens is 1. The summed E-state index contributed by atoms with van der Waals surface area (Å²) < 4.78 is 5.50. The highest BCUT2D eigenvalue weighted by atomic mass is 35.5. The monoisotopic (exact) mass is 256 g/mol. The molecule has 2 atom stereocenters. The molecule has 1 aromatic rings. The molecule has 0 aromatic carbocycles. The van der Waals surface area contributed by atoms with Crippen LogP contribution in [0.15, 0.2) is 18.3 Å². The zero-order valence-electron chi connectivity index (χ0n) is 9.84. The van der Waals surface area contributed by atoms with Gasteiger partial charge in [-0.1, -0.05) is 17.7 Å². The van der Waals surface area contributed by atoms with Gasteiger partial charge in [-0.05, 0) is 13.0 Å². The highest BCUT2D eigenvalue weighted by Gasteiger charge is 2.25. The first-order valence-corrected chi connectivity index (χ1v) is 6.14. The molecule has 1 N–H and O–H groups in total. The van der Waals surface area contributed by atoms with Gasteiger partial charge in [-0.25, -0.2) is 4.98 Å². The molecule has 0 bridgehead atoms. The lowest BCUT2D eigenvalue weighted by atomic mass is 10.1. The second kappa shape index (κ2) is 5.78. The molecule has 94 valence electrons. The van der Waals surface area contributed by atoms with Crippen molar-refractivity contribution in [3.05, 3.63) is 29.0 Å². The van der Waals surface area contributed by atoms with E-state index < -0.39 is 0 Å². The average molecular weight is 257 g/mol. The summed E-state index contributed by atoms with van der Waals surface area (Å²) in [4.78, 5) is 6.32. The van der Waals surface area contributed by atoms with Crippen LogP contribution in [0.3, 0.4) is 0 Å². The molecule has 0 radical (unpaired) electrons. The van der Waals surface area contributed by atoms with Crippen molar-refractivity contribution in [1.82, 2.24) is 9.88 Å². The molecule has 2 rings (SSSR count). The van der Waals surface area contributed by atoms with E-state index in [4.69, 9.17) is 21.4 Å². The predicted molar refractivity (Wildman–Crippen MR) is 65.9 cm³/mol. The third-order valence-electron chi connectivity index (χ3n) is 3.05. The summed E-state index contributed by atoms with van der Waals surface area (Å²) in [5, 5.41) is 9.67. The van der Waals surface area contributed by atoms with E-state index in [9.17, 15) is 0 Å². The van der Waals surface area contributed by atoms with Crippen LogP contribution in [0.4, 0.5) is 0 Å². The fraction of sp³-hybridized carbons (Fsp3) is 0.583. The van der Waals surface area contributed by atoms with Crippen LogP contribution in [0, 0.1) is 0 Å². The van der Waals surface area contributed by atoms with E-state index in [1.807, 2.05) is 12.1 Å². The minimum absolute atomic E-state index is 0.0595. The first-order valence-electron chi connectivity index (χ1n) is 5.76. The molecule has 0 amide bonds. The van der Waals surface area contributed by atoms with E-state index in [2.05, 4.69) is 16.8 Å². The fourth-order valence-electron chi connectivity index (χ4n) is 1.96. The molecule has 2 heterocycles. The second-order valence-corrected chi connectivity index (χ2v) is 4.73. The zero-order valence-corrected chi connectivity index (χ0v) is 10.6. The summed E-state index contributed by atoms with van der Waals surface area (Å²) in [6, 6.07) is 4.19. The smallest absolute Gasteiger partial charge is 0.133 e. The zero-order chi connectivity index (χ0) is 12.3. The summed E-state index contributed by atoms with van der Waals surface area (Å²) in [6.07, 6.45) is 1.59. The Kier molecular flexibility index (Phi) is 4.34. The lowest BCUT2D eigenvalue weighted by molar-refractivity contribution is -0.0805. The molecule has 1 fully saturated rings. The molecule has 5 heteroatoms. The minimum Gasteiger partial charge on any atom is -0.394 e. The van der Waals surface area contributed by atoms with Gasteiger partial charge in [0.1, 0.15) is 5.15 Å². The van der Waals surface area contributed by atoms with Gasteiger partial charge in [-0.15, -0.1) is 0 Å². The fourth-order valence-corrected chi connectivity index (χ4v) is 2.14. The highest BCUT2D eigenvalue weighted by Crippen LogP contribution is 2.19. The normalized spacial score (nSPS) is 26.1.